The minimum atomic E-state index is -0.121. The molecule has 3 heterocycles. The Morgan fingerprint density at radius 2 is 1.56 bits per heavy atom. The minimum absolute atomic E-state index is 0.121. The number of halogens is 1. The zero-order valence-electron chi connectivity index (χ0n) is 24.7. The Kier molecular flexibility index (Phi) is 10.3. The van der Waals surface area contributed by atoms with Crippen LogP contribution in [-0.2, 0) is 10.6 Å². The van der Waals surface area contributed by atoms with E-state index < -0.39 is 0 Å². The monoisotopic (exact) mass is 610 g/mol. The lowest BCUT2D eigenvalue weighted by Crippen LogP contribution is -2.47. The van der Waals surface area contributed by atoms with Crippen molar-refractivity contribution in [3.8, 4) is 0 Å². The van der Waals surface area contributed by atoms with E-state index in [-0.39, 0.29) is 9.99 Å². The van der Waals surface area contributed by atoms with Crippen LogP contribution in [0.3, 0.4) is 0 Å². The van der Waals surface area contributed by atoms with E-state index in [4.69, 9.17) is 11.6 Å². The number of piperazine rings is 1. The van der Waals surface area contributed by atoms with E-state index in [9.17, 15) is 4.79 Å². The molecule has 0 spiro atoms. The number of aromatic nitrogens is 1. The van der Waals surface area contributed by atoms with Crippen LogP contribution in [0.4, 0.5) is 5.69 Å². The highest BCUT2D eigenvalue weighted by atomic mass is 35.5. The second kappa shape index (κ2) is 13.9. The predicted molar refractivity (Wildman–Crippen MR) is 178 cm³/mol. The summed E-state index contributed by atoms with van der Waals surface area (Å²) in [7, 11) is 0. The minimum Gasteiger partial charge on any atom is -0.369 e. The molecule has 1 fully saturated rings. The normalized spacial score (nSPS) is 17.5. The van der Waals surface area contributed by atoms with Crippen LogP contribution < -0.4 is 4.90 Å². The molecular formula is C33H43ClN4OS2. The standard InChI is InChI=1S/C33H43ClN4OS2/c1-4-40-33(41-5-2)16-19-37(18-9-17-35-20-22-36(23-21-35)29-14-12-28(34)13-15-29)32(39)30-26(3)24-38(31(30)33)25-27-10-7-6-8-11-27/h6-8,10-15,24H,4-5,9,16-23,25H2,1-3H3. The number of amides is 1. The Morgan fingerprint density at radius 3 is 2.22 bits per heavy atom. The van der Waals surface area contributed by atoms with Gasteiger partial charge in [0, 0.05) is 62.7 Å². The first kappa shape index (κ1) is 30.4. The third kappa shape index (κ3) is 6.96. The molecular weight excluding hydrogens is 568 g/mol. The summed E-state index contributed by atoms with van der Waals surface area (Å²) in [4.78, 5) is 21.3. The second-order valence-electron chi connectivity index (χ2n) is 11.0. The molecule has 1 saturated heterocycles. The van der Waals surface area contributed by atoms with Crippen LogP contribution in [-0.4, -0.2) is 77.6 Å². The van der Waals surface area contributed by atoms with E-state index in [0.717, 1.165) is 92.9 Å². The number of anilines is 1. The van der Waals surface area contributed by atoms with Crippen molar-refractivity contribution in [3.05, 3.63) is 88.2 Å². The van der Waals surface area contributed by atoms with E-state index in [1.165, 1.54) is 16.9 Å². The number of rotatable bonds is 11. The van der Waals surface area contributed by atoms with Gasteiger partial charge in [-0.15, -0.1) is 23.5 Å². The average Bonchev–Trinajstić information content (AvgIpc) is 3.25. The Hall–Kier alpha value is -2.06. The number of fused-ring (bicyclic) bond motifs is 1. The third-order valence-electron chi connectivity index (χ3n) is 8.26. The topological polar surface area (TPSA) is 31.7 Å². The van der Waals surface area contributed by atoms with Crippen molar-refractivity contribution in [2.24, 2.45) is 0 Å². The van der Waals surface area contributed by atoms with Crippen LogP contribution in [0.2, 0.25) is 5.02 Å². The lowest BCUT2D eigenvalue weighted by Gasteiger charge is -2.36. The summed E-state index contributed by atoms with van der Waals surface area (Å²) in [5.74, 6) is 2.27. The maximum Gasteiger partial charge on any atom is 0.256 e. The Morgan fingerprint density at radius 1 is 0.878 bits per heavy atom. The molecule has 0 bridgehead atoms. The molecule has 2 aliphatic heterocycles. The fourth-order valence-electron chi connectivity index (χ4n) is 6.31. The third-order valence-corrected chi connectivity index (χ3v) is 11.5. The van der Waals surface area contributed by atoms with E-state index >= 15 is 0 Å². The SMILES string of the molecule is CCSC1(SCC)CCN(CCCN2CCN(c3ccc(Cl)cc3)CC2)C(=O)c2c(C)cn(Cc3ccccc3)c21. The van der Waals surface area contributed by atoms with Crippen molar-refractivity contribution in [1.82, 2.24) is 14.4 Å². The van der Waals surface area contributed by atoms with Gasteiger partial charge in [-0.2, -0.15) is 0 Å². The zero-order valence-corrected chi connectivity index (χ0v) is 27.0. The molecule has 5 nitrogen and oxygen atoms in total. The van der Waals surface area contributed by atoms with Crippen molar-refractivity contribution in [3.63, 3.8) is 0 Å². The van der Waals surface area contributed by atoms with Crippen molar-refractivity contribution in [2.75, 3.05) is 62.2 Å². The first-order valence-corrected chi connectivity index (χ1v) is 17.3. The number of carbonyl (C=O) groups excluding carboxylic acids is 1. The predicted octanol–water partition coefficient (Wildman–Crippen LogP) is 7.22. The van der Waals surface area contributed by atoms with Gasteiger partial charge in [0.15, 0.2) is 0 Å². The number of thioether (sulfide) groups is 2. The summed E-state index contributed by atoms with van der Waals surface area (Å²) in [6, 6.07) is 18.8. The molecule has 0 aliphatic carbocycles. The van der Waals surface area contributed by atoms with E-state index in [2.05, 4.69) is 88.7 Å². The van der Waals surface area contributed by atoms with Gasteiger partial charge in [0.25, 0.3) is 5.91 Å². The van der Waals surface area contributed by atoms with E-state index in [1.807, 2.05) is 35.7 Å². The van der Waals surface area contributed by atoms with Crippen LogP contribution in [0.1, 0.15) is 53.9 Å². The number of carbonyl (C=O) groups is 1. The Bertz CT molecular complexity index is 1280. The Balaban J connectivity index is 1.28. The molecule has 3 aromatic rings. The largest absolute Gasteiger partial charge is 0.369 e. The maximum atomic E-state index is 14.2. The maximum absolute atomic E-state index is 14.2. The number of hydrogen-bond acceptors (Lipinski definition) is 5. The van der Waals surface area contributed by atoms with Crippen LogP contribution >= 0.6 is 35.1 Å². The van der Waals surface area contributed by atoms with Gasteiger partial charge < -0.3 is 14.4 Å². The molecule has 41 heavy (non-hydrogen) atoms. The van der Waals surface area contributed by atoms with Crippen molar-refractivity contribution in [1.29, 1.82) is 0 Å². The van der Waals surface area contributed by atoms with Crippen molar-refractivity contribution in [2.45, 2.75) is 44.2 Å². The van der Waals surface area contributed by atoms with E-state index in [1.54, 1.807) is 0 Å². The first-order chi connectivity index (χ1) is 19.9. The number of benzene rings is 2. The van der Waals surface area contributed by atoms with Crippen LogP contribution in [0.5, 0.6) is 0 Å². The Labute approximate surface area is 259 Å². The molecule has 0 N–H and O–H groups in total. The first-order valence-electron chi connectivity index (χ1n) is 15.0. The average molecular weight is 611 g/mol. The summed E-state index contributed by atoms with van der Waals surface area (Å²) >= 11 is 10.1. The fraction of sp³-hybridized carbons (Fsp3) is 0.485. The van der Waals surface area contributed by atoms with Crippen LogP contribution in [0, 0.1) is 6.92 Å². The molecule has 0 radical (unpaired) electrons. The highest BCUT2D eigenvalue weighted by Gasteiger charge is 2.43. The number of hydrogen-bond donors (Lipinski definition) is 0. The summed E-state index contributed by atoms with van der Waals surface area (Å²) in [5, 5.41) is 0.782. The summed E-state index contributed by atoms with van der Waals surface area (Å²) < 4.78 is 2.26. The van der Waals surface area contributed by atoms with Crippen LogP contribution in [0.15, 0.2) is 60.8 Å². The summed E-state index contributed by atoms with van der Waals surface area (Å²) in [5.41, 5.74) is 5.78. The van der Waals surface area contributed by atoms with Gasteiger partial charge >= 0.3 is 0 Å². The molecule has 0 saturated carbocycles. The van der Waals surface area contributed by atoms with Gasteiger partial charge in [0.1, 0.15) is 4.08 Å². The number of nitrogens with zero attached hydrogens (tertiary/aromatic N) is 4. The molecule has 220 valence electrons. The van der Waals surface area contributed by atoms with Gasteiger partial charge in [-0.05, 0) is 73.2 Å². The van der Waals surface area contributed by atoms with Crippen LogP contribution in [0.25, 0.3) is 0 Å². The van der Waals surface area contributed by atoms with Gasteiger partial charge in [0.2, 0.25) is 0 Å². The lowest BCUT2D eigenvalue weighted by molar-refractivity contribution is 0.0751. The molecule has 8 heteroatoms. The van der Waals surface area contributed by atoms with Gasteiger partial charge in [-0.3, -0.25) is 9.69 Å². The summed E-state index contributed by atoms with van der Waals surface area (Å²) in [6.07, 6.45) is 4.20. The van der Waals surface area contributed by atoms with Gasteiger partial charge in [-0.1, -0.05) is 55.8 Å². The lowest BCUT2D eigenvalue weighted by atomic mass is 10.1. The van der Waals surface area contributed by atoms with E-state index in [0.29, 0.717) is 0 Å². The molecule has 5 rings (SSSR count). The quantitative estimate of drug-likeness (QED) is 0.214. The zero-order chi connectivity index (χ0) is 28.8. The molecule has 0 atom stereocenters. The summed E-state index contributed by atoms with van der Waals surface area (Å²) in [6.45, 7) is 14.2. The van der Waals surface area contributed by atoms with Crippen molar-refractivity contribution >= 4 is 46.7 Å². The molecule has 1 amide bonds. The van der Waals surface area contributed by atoms with Gasteiger partial charge in [-0.25, -0.2) is 0 Å². The van der Waals surface area contributed by atoms with Gasteiger partial charge in [0.05, 0.1) is 11.3 Å². The smallest absolute Gasteiger partial charge is 0.256 e. The van der Waals surface area contributed by atoms with Crippen molar-refractivity contribution < 1.29 is 4.79 Å². The highest BCUT2D eigenvalue weighted by Crippen LogP contribution is 2.53. The molecule has 2 aromatic carbocycles. The molecule has 1 aromatic heterocycles. The second-order valence-corrected chi connectivity index (χ2v) is 14.8. The fourth-order valence-corrected chi connectivity index (χ4v) is 9.59. The molecule has 2 aliphatic rings. The highest BCUT2D eigenvalue weighted by molar-refractivity contribution is 8.17. The number of aryl methyl sites for hydroxylation is 1. The molecule has 0 unspecified atom stereocenters.